The van der Waals surface area contributed by atoms with Gasteiger partial charge in [0.05, 0.1) is 31.3 Å². The van der Waals surface area contributed by atoms with Gasteiger partial charge in [-0.25, -0.2) is 0 Å². The van der Waals surface area contributed by atoms with Crippen molar-refractivity contribution >= 4 is 5.91 Å². The van der Waals surface area contributed by atoms with Gasteiger partial charge in [-0.3, -0.25) is 4.79 Å². The SMILES string of the molecule is CCCCCCCCCCCCCCCCCCCCCCCCCCCC(O)C(CO)NC(=O)CC(O)CCCCCCCCCCCCCCCCCCCC. The van der Waals surface area contributed by atoms with Gasteiger partial charge in [-0.1, -0.05) is 290 Å². The van der Waals surface area contributed by atoms with Crippen LogP contribution in [0.5, 0.6) is 0 Å². The van der Waals surface area contributed by atoms with Gasteiger partial charge in [-0.2, -0.15) is 0 Å². The Kier molecular flexibility index (Phi) is 48.5. The van der Waals surface area contributed by atoms with Gasteiger partial charge in [0, 0.05) is 0 Å². The number of hydrogen-bond acceptors (Lipinski definition) is 4. The fraction of sp³-hybridized carbons (Fsp3) is 0.981. The van der Waals surface area contributed by atoms with Crippen molar-refractivity contribution in [2.45, 2.75) is 327 Å². The lowest BCUT2D eigenvalue weighted by molar-refractivity contribution is -0.125. The molecule has 0 aromatic rings. The van der Waals surface area contributed by atoms with E-state index in [1.54, 1.807) is 0 Å². The standard InChI is InChI=1S/C53H107NO4/c1-3-5-7-9-11-13-15-17-19-21-23-24-25-26-27-28-29-31-33-35-37-39-41-43-45-47-52(57)51(49-55)54-53(58)48-50(56)46-44-42-40-38-36-34-32-30-22-20-18-16-14-12-10-8-6-4-2/h50-52,55-57H,3-49H2,1-2H3,(H,54,58). The first kappa shape index (κ1) is 57.3. The second-order valence-corrected chi connectivity index (χ2v) is 18.9. The molecule has 0 heterocycles. The molecule has 0 fully saturated rings. The summed E-state index contributed by atoms with van der Waals surface area (Å²) < 4.78 is 0. The summed E-state index contributed by atoms with van der Waals surface area (Å²) in [6.07, 6.45) is 58.2. The maximum atomic E-state index is 12.5. The van der Waals surface area contributed by atoms with Crippen molar-refractivity contribution in [1.82, 2.24) is 5.32 Å². The lowest BCUT2D eigenvalue weighted by Crippen LogP contribution is -2.46. The minimum Gasteiger partial charge on any atom is -0.394 e. The topological polar surface area (TPSA) is 89.8 Å². The maximum absolute atomic E-state index is 12.5. The summed E-state index contributed by atoms with van der Waals surface area (Å²) in [5, 5.41) is 33.6. The average molecular weight is 822 g/mol. The zero-order valence-electron chi connectivity index (χ0n) is 39.7. The molecule has 0 aliphatic heterocycles. The van der Waals surface area contributed by atoms with Crippen LogP contribution in [0.15, 0.2) is 0 Å². The van der Waals surface area contributed by atoms with Crippen LogP contribution in [0.3, 0.4) is 0 Å². The van der Waals surface area contributed by atoms with Crippen molar-refractivity contribution in [3.8, 4) is 0 Å². The Morgan fingerprint density at radius 3 is 0.828 bits per heavy atom. The van der Waals surface area contributed by atoms with Crippen LogP contribution in [0.25, 0.3) is 0 Å². The monoisotopic (exact) mass is 822 g/mol. The molecule has 0 spiro atoms. The Morgan fingerprint density at radius 1 is 0.362 bits per heavy atom. The molecule has 1 amide bonds. The van der Waals surface area contributed by atoms with E-state index in [2.05, 4.69) is 19.2 Å². The summed E-state index contributed by atoms with van der Waals surface area (Å²) in [4.78, 5) is 12.5. The van der Waals surface area contributed by atoms with Crippen LogP contribution >= 0.6 is 0 Å². The highest BCUT2D eigenvalue weighted by Gasteiger charge is 2.21. The third kappa shape index (κ3) is 44.9. The molecule has 4 N–H and O–H groups in total. The first-order chi connectivity index (χ1) is 28.5. The Morgan fingerprint density at radius 2 is 0.586 bits per heavy atom. The predicted octanol–water partition coefficient (Wildman–Crippen LogP) is 16.2. The molecule has 0 saturated heterocycles. The van der Waals surface area contributed by atoms with Gasteiger partial charge < -0.3 is 20.6 Å². The zero-order valence-corrected chi connectivity index (χ0v) is 39.7. The van der Waals surface area contributed by atoms with Crippen LogP contribution in [-0.2, 0) is 4.79 Å². The molecule has 58 heavy (non-hydrogen) atoms. The van der Waals surface area contributed by atoms with E-state index in [1.807, 2.05) is 0 Å². The molecule has 0 radical (unpaired) electrons. The van der Waals surface area contributed by atoms with E-state index in [0.717, 1.165) is 25.7 Å². The fourth-order valence-electron chi connectivity index (χ4n) is 8.82. The highest BCUT2D eigenvalue weighted by Crippen LogP contribution is 2.18. The van der Waals surface area contributed by atoms with E-state index in [1.165, 1.54) is 250 Å². The minimum atomic E-state index is -0.745. The molecule has 0 rings (SSSR count). The largest absolute Gasteiger partial charge is 0.394 e. The van der Waals surface area contributed by atoms with Crippen molar-refractivity contribution < 1.29 is 20.1 Å². The van der Waals surface area contributed by atoms with Gasteiger partial charge in [0.15, 0.2) is 0 Å². The lowest BCUT2D eigenvalue weighted by Gasteiger charge is -2.23. The van der Waals surface area contributed by atoms with Gasteiger partial charge in [0.1, 0.15) is 0 Å². The second-order valence-electron chi connectivity index (χ2n) is 18.9. The van der Waals surface area contributed by atoms with Crippen molar-refractivity contribution in [2.75, 3.05) is 6.61 Å². The minimum absolute atomic E-state index is 0.0433. The smallest absolute Gasteiger partial charge is 0.222 e. The van der Waals surface area contributed by atoms with Crippen LogP contribution < -0.4 is 5.32 Å². The van der Waals surface area contributed by atoms with E-state index in [9.17, 15) is 20.1 Å². The molecular weight excluding hydrogens is 715 g/mol. The first-order valence-electron chi connectivity index (χ1n) is 26.8. The van der Waals surface area contributed by atoms with E-state index >= 15 is 0 Å². The fourth-order valence-corrected chi connectivity index (χ4v) is 8.82. The van der Waals surface area contributed by atoms with E-state index in [-0.39, 0.29) is 18.9 Å². The molecule has 0 aliphatic rings. The van der Waals surface area contributed by atoms with Gasteiger partial charge in [0.25, 0.3) is 0 Å². The lowest BCUT2D eigenvalue weighted by atomic mass is 10.0. The highest BCUT2D eigenvalue weighted by atomic mass is 16.3. The predicted molar refractivity (Wildman–Crippen MR) is 255 cm³/mol. The van der Waals surface area contributed by atoms with Gasteiger partial charge in [-0.15, -0.1) is 0 Å². The van der Waals surface area contributed by atoms with E-state index in [0.29, 0.717) is 12.8 Å². The number of amides is 1. The summed E-state index contributed by atoms with van der Waals surface area (Å²) >= 11 is 0. The molecule has 5 nitrogen and oxygen atoms in total. The zero-order chi connectivity index (χ0) is 42.3. The van der Waals surface area contributed by atoms with Crippen LogP contribution in [0, 0.1) is 0 Å². The number of carbonyl (C=O) groups excluding carboxylic acids is 1. The molecule has 0 aromatic heterocycles. The van der Waals surface area contributed by atoms with Gasteiger partial charge in [0.2, 0.25) is 5.91 Å². The van der Waals surface area contributed by atoms with Crippen molar-refractivity contribution in [2.24, 2.45) is 0 Å². The number of carbonyl (C=O) groups is 1. The summed E-state index contributed by atoms with van der Waals surface area (Å²) in [5.74, 6) is -0.275. The third-order valence-corrected chi connectivity index (χ3v) is 12.9. The quantitative estimate of drug-likeness (QED) is 0.0460. The number of unbranched alkanes of at least 4 members (excludes halogenated alkanes) is 41. The highest BCUT2D eigenvalue weighted by molar-refractivity contribution is 5.76. The number of rotatable bonds is 50. The van der Waals surface area contributed by atoms with Crippen LogP contribution in [0.4, 0.5) is 0 Å². The Labute approximate surface area is 364 Å². The summed E-state index contributed by atoms with van der Waals surface area (Å²) in [7, 11) is 0. The van der Waals surface area contributed by atoms with Gasteiger partial charge in [-0.05, 0) is 12.8 Å². The number of aliphatic hydroxyl groups is 3. The molecule has 0 aliphatic carbocycles. The molecular formula is C53H107NO4. The molecule has 348 valence electrons. The van der Waals surface area contributed by atoms with Crippen molar-refractivity contribution in [1.29, 1.82) is 0 Å². The van der Waals surface area contributed by atoms with Crippen LogP contribution in [0.2, 0.25) is 0 Å². The van der Waals surface area contributed by atoms with Crippen LogP contribution in [0.1, 0.15) is 309 Å². The second kappa shape index (κ2) is 49.0. The molecule has 3 atom stereocenters. The number of aliphatic hydroxyl groups excluding tert-OH is 3. The van der Waals surface area contributed by atoms with Crippen molar-refractivity contribution in [3.05, 3.63) is 0 Å². The molecule has 0 saturated carbocycles. The van der Waals surface area contributed by atoms with E-state index in [4.69, 9.17) is 0 Å². The Bertz CT molecular complexity index is 777. The normalized spacial score (nSPS) is 13.3. The van der Waals surface area contributed by atoms with Crippen molar-refractivity contribution in [3.63, 3.8) is 0 Å². The number of nitrogens with one attached hydrogen (secondary N) is 1. The number of hydrogen-bond donors (Lipinski definition) is 4. The first-order valence-corrected chi connectivity index (χ1v) is 26.8. The van der Waals surface area contributed by atoms with E-state index < -0.39 is 18.2 Å². The molecule has 3 unspecified atom stereocenters. The summed E-state index contributed by atoms with van der Waals surface area (Å²) in [5.41, 5.74) is 0. The van der Waals surface area contributed by atoms with Gasteiger partial charge >= 0.3 is 0 Å². The molecule has 0 aromatic carbocycles. The summed E-state index contributed by atoms with van der Waals surface area (Å²) in [6.45, 7) is 4.30. The average Bonchev–Trinajstić information content (AvgIpc) is 3.22. The summed E-state index contributed by atoms with van der Waals surface area (Å²) in [6, 6.07) is -0.654. The van der Waals surface area contributed by atoms with Crippen LogP contribution in [-0.4, -0.2) is 46.1 Å². The Hall–Kier alpha value is -0.650. The molecule has 0 bridgehead atoms. The third-order valence-electron chi connectivity index (χ3n) is 12.9. The Balaban J connectivity index is 3.50. The maximum Gasteiger partial charge on any atom is 0.222 e. The molecule has 5 heteroatoms.